The van der Waals surface area contributed by atoms with Crippen molar-refractivity contribution in [2.24, 2.45) is 0 Å². The molecular weight excluding hydrogens is 364 g/mol. The van der Waals surface area contributed by atoms with Gasteiger partial charge in [0.15, 0.2) is 17.3 Å². The minimum absolute atomic E-state index is 0.0999. The summed E-state index contributed by atoms with van der Waals surface area (Å²) in [5.41, 5.74) is 1.08. The summed E-state index contributed by atoms with van der Waals surface area (Å²) in [5.74, 6) is -3.94. The molecule has 7 nitrogen and oxygen atoms in total. The van der Waals surface area contributed by atoms with Crippen LogP contribution in [0.2, 0.25) is 0 Å². The van der Waals surface area contributed by atoms with Crippen LogP contribution in [0.5, 0.6) is 34.5 Å². The van der Waals surface area contributed by atoms with E-state index < -0.39 is 23.4 Å². The molecule has 0 spiro atoms. The van der Waals surface area contributed by atoms with Gasteiger partial charge in [-0.25, -0.2) is 0 Å². The number of benzene rings is 3. The van der Waals surface area contributed by atoms with Gasteiger partial charge in [-0.2, -0.15) is 0 Å². The number of carbonyl (C=O) groups is 1. The Kier molecular flexibility index (Phi) is 3.81. The Labute approximate surface area is 159 Å². The molecule has 0 unspecified atom stereocenters. The van der Waals surface area contributed by atoms with Crippen molar-refractivity contribution in [3.05, 3.63) is 70.8 Å². The molecule has 3 aromatic rings. The van der Waals surface area contributed by atoms with Crippen molar-refractivity contribution in [2.45, 2.75) is 11.8 Å². The zero-order valence-corrected chi connectivity index (χ0v) is 14.4. The lowest BCUT2D eigenvalue weighted by molar-refractivity contribution is 0.0968. The summed E-state index contributed by atoms with van der Waals surface area (Å²) < 4.78 is 0. The SMILES string of the molecule is O=C1c2cc(O)cc(O)c2[C@@H](c2ccc(O)c(O)c2)[C@@H]1c1cc(O)cc(O)c1. The maximum atomic E-state index is 13.2. The molecule has 3 aromatic carbocycles. The number of hydrogen-bond donors (Lipinski definition) is 6. The fourth-order valence-electron chi connectivity index (χ4n) is 3.87. The fourth-order valence-corrected chi connectivity index (χ4v) is 3.87. The average molecular weight is 380 g/mol. The van der Waals surface area contributed by atoms with Crippen LogP contribution < -0.4 is 0 Å². The molecule has 0 saturated heterocycles. The summed E-state index contributed by atoms with van der Waals surface area (Å²) in [7, 11) is 0. The van der Waals surface area contributed by atoms with Crippen molar-refractivity contribution in [2.75, 3.05) is 0 Å². The molecule has 0 radical (unpaired) electrons. The van der Waals surface area contributed by atoms with E-state index in [0.717, 1.165) is 12.1 Å². The molecule has 1 aliphatic carbocycles. The average Bonchev–Trinajstić information content (AvgIpc) is 2.89. The van der Waals surface area contributed by atoms with Gasteiger partial charge < -0.3 is 30.6 Å². The molecule has 142 valence electrons. The maximum absolute atomic E-state index is 13.2. The molecule has 0 saturated carbocycles. The van der Waals surface area contributed by atoms with Crippen LogP contribution in [0.15, 0.2) is 48.5 Å². The van der Waals surface area contributed by atoms with Crippen LogP contribution >= 0.6 is 0 Å². The third-order valence-corrected chi connectivity index (χ3v) is 4.98. The third kappa shape index (κ3) is 2.64. The van der Waals surface area contributed by atoms with Crippen LogP contribution in [0.3, 0.4) is 0 Å². The van der Waals surface area contributed by atoms with Gasteiger partial charge in [-0.3, -0.25) is 4.79 Å². The Bertz CT molecular complexity index is 1100. The number of hydrogen-bond acceptors (Lipinski definition) is 7. The van der Waals surface area contributed by atoms with E-state index in [9.17, 15) is 35.4 Å². The molecule has 28 heavy (non-hydrogen) atoms. The summed E-state index contributed by atoms with van der Waals surface area (Å²) in [6.07, 6.45) is 0. The number of rotatable bonds is 2. The monoisotopic (exact) mass is 380 g/mol. The topological polar surface area (TPSA) is 138 Å². The van der Waals surface area contributed by atoms with Crippen LogP contribution in [0.1, 0.15) is 38.9 Å². The minimum atomic E-state index is -0.940. The molecule has 0 aliphatic heterocycles. The number of fused-ring (bicyclic) bond motifs is 1. The highest BCUT2D eigenvalue weighted by Crippen LogP contribution is 2.53. The lowest BCUT2D eigenvalue weighted by Gasteiger charge is -2.21. The van der Waals surface area contributed by atoms with E-state index in [1.54, 1.807) is 0 Å². The second-order valence-corrected chi connectivity index (χ2v) is 6.78. The maximum Gasteiger partial charge on any atom is 0.171 e. The largest absolute Gasteiger partial charge is 0.508 e. The predicted molar refractivity (Wildman–Crippen MR) is 98.2 cm³/mol. The second-order valence-electron chi connectivity index (χ2n) is 6.78. The van der Waals surface area contributed by atoms with Crippen LogP contribution in [-0.2, 0) is 0 Å². The Hall–Kier alpha value is -3.87. The Balaban J connectivity index is 1.99. The normalized spacial score (nSPS) is 18.2. The fraction of sp³-hybridized carbons (Fsp3) is 0.0952. The van der Waals surface area contributed by atoms with Gasteiger partial charge in [0.25, 0.3) is 0 Å². The van der Waals surface area contributed by atoms with Crippen molar-refractivity contribution < 1.29 is 35.4 Å². The number of carbonyl (C=O) groups excluding carboxylic acids is 1. The van der Waals surface area contributed by atoms with Crippen LogP contribution in [0, 0.1) is 0 Å². The first-order chi connectivity index (χ1) is 13.3. The van der Waals surface area contributed by atoms with E-state index in [0.29, 0.717) is 11.1 Å². The van der Waals surface area contributed by atoms with Crippen LogP contribution in [0.4, 0.5) is 0 Å². The van der Waals surface area contributed by atoms with Gasteiger partial charge in [-0.05, 0) is 41.5 Å². The van der Waals surface area contributed by atoms with Crippen molar-refractivity contribution in [1.82, 2.24) is 0 Å². The molecule has 7 heteroatoms. The lowest BCUT2D eigenvalue weighted by Crippen LogP contribution is -2.13. The van der Waals surface area contributed by atoms with Crippen molar-refractivity contribution in [3.8, 4) is 34.5 Å². The molecular formula is C21H16O7. The molecule has 0 bridgehead atoms. The van der Waals surface area contributed by atoms with E-state index in [1.807, 2.05) is 0 Å². The van der Waals surface area contributed by atoms with Gasteiger partial charge in [0, 0.05) is 29.2 Å². The smallest absolute Gasteiger partial charge is 0.171 e. The number of Topliss-reactive ketones (excluding diaryl/α,β-unsaturated/α-hetero) is 1. The van der Waals surface area contributed by atoms with Gasteiger partial charge in [-0.1, -0.05) is 6.07 Å². The van der Waals surface area contributed by atoms with Gasteiger partial charge >= 0.3 is 0 Å². The Morgan fingerprint density at radius 2 is 1.21 bits per heavy atom. The summed E-state index contributed by atoms with van der Waals surface area (Å²) >= 11 is 0. The van der Waals surface area contributed by atoms with E-state index in [-0.39, 0.29) is 39.9 Å². The molecule has 2 atom stereocenters. The highest BCUT2D eigenvalue weighted by Gasteiger charge is 2.44. The predicted octanol–water partition coefficient (Wildman–Crippen LogP) is 3.03. The van der Waals surface area contributed by atoms with Crippen molar-refractivity contribution in [1.29, 1.82) is 0 Å². The third-order valence-electron chi connectivity index (χ3n) is 4.98. The summed E-state index contributed by atoms with van der Waals surface area (Å²) in [4.78, 5) is 13.2. The Morgan fingerprint density at radius 3 is 1.86 bits per heavy atom. The molecule has 0 heterocycles. The van der Waals surface area contributed by atoms with E-state index >= 15 is 0 Å². The molecule has 1 aliphatic rings. The van der Waals surface area contributed by atoms with Crippen LogP contribution in [0.25, 0.3) is 0 Å². The lowest BCUT2D eigenvalue weighted by atomic mass is 9.81. The number of phenolic OH excluding ortho intramolecular Hbond substituents is 6. The molecule has 0 aromatic heterocycles. The van der Waals surface area contributed by atoms with Crippen molar-refractivity contribution in [3.63, 3.8) is 0 Å². The highest BCUT2D eigenvalue weighted by molar-refractivity contribution is 6.08. The summed E-state index contributed by atoms with van der Waals surface area (Å²) in [6.45, 7) is 0. The quantitative estimate of drug-likeness (QED) is 0.376. The van der Waals surface area contributed by atoms with Crippen molar-refractivity contribution >= 4 is 5.78 Å². The van der Waals surface area contributed by atoms with E-state index in [2.05, 4.69) is 0 Å². The number of ketones is 1. The first kappa shape index (κ1) is 17.5. The first-order valence-electron chi connectivity index (χ1n) is 8.41. The van der Waals surface area contributed by atoms with Gasteiger partial charge in [0.2, 0.25) is 0 Å². The van der Waals surface area contributed by atoms with E-state index in [4.69, 9.17) is 0 Å². The van der Waals surface area contributed by atoms with Gasteiger partial charge in [0.1, 0.15) is 23.0 Å². The minimum Gasteiger partial charge on any atom is -0.508 e. The number of aromatic hydroxyl groups is 6. The molecule has 4 rings (SSSR count). The van der Waals surface area contributed by atoms with Gasteiger partial charge in [0.05, 0.1) is 5.92 Å². The number of phenols is 6. The highest BCUT2D eigenvalue weighted by atomic mass is 16.3. The molecule has 6 N–H and O–H groups in total. The zero-order valence-electron chi connectivity index (χ0n) is 14.4. The molecule has 0 amide bonds. The zero-order chi connectivity index (χ0) is 20.2. The second kappa shape index (κ2) is 6.09. The van der Waals surface area contributed by atoms with Crippen LogP contribution in [-0.4, -0.2) is 36.4 Å². The summed E-state index contributed by atoms with van der Waals surface area (Å²) in [5, 5.41) is 59.5. The van der Waals surface area contributed by atoms with E-state index in [1.165, 1.54) is 36.4 Å². The molecule has 0 fully saturated rings. The Morgan fingerprint density at radius 1 is 0.571 bits per heavy atom. The standard InChI is InChI=1S/C21H16O7/c22-11-3-10(4-12(23)6-11)19-18(9-1-2-15(25)16(26)5-9)20-14(21(19)28)7-13(24)8-17(20)27/h1-8,18-19,22-27H/t18-,19-/m0/s1. The summed E-state index contributed by atoms with van der Waals surface area (Å²) in [6, 6.07) is 10.2. The van der Waals surface area contributed by atoms with Gasteiger partial charge in [-0.15, -0.1) is 0 Å². The first-order valence-corrected chi connectivity index (χ1v) is 8.41.